The highest BCUT2D eigenvalue weighted by Gasteiger charge is 2.46. The SMILES string of the molecule is COc1ccc(NC(=O)C[C@@H]2C(=O)N(c3ccccc3)C(=O)N2CCc2cccs2)cc1. The van der Waals surface area contributed by atoms with Crippen molar-refractivity contribution in [1.82, 2.24) is 4.90 Å². The molecule has 0 aliphatic carbocycles. The van der Waals surface area contributed by atoms with Crippen molar-refractivity contribution in [3.63, 3.8) is 0 Å². The number of carbonyl (C=O) groups excluding carboxylic acids is 3. The van der Waals surface area contributed by atoms with Gasteiger partial charge in [-0.15, -0.1) is 11.3 Å². The van der Waals surface area contributed by atoms with Gasteiger partial charge in [-0.1, -0.05) is 24.3 Å². The number of hydrogen-bond donors (Lipinski definition) is 1. The van der Waals surface area contributed by atoms with Gasteiger partial charge in [-0.05, 0) is 54.3 Å². The van der Waals surface area contributed by atoms with Gasteiger partial charge in [0.05, 0.1) is 19.2 Å². The Morgan fingerprint density at radius 2 is 1.78 bits per heavy atom. The summed E-state index contributed by atoms with van der Waals surface area (Å²) in [7, 11) is 1.57. The predicted molar refractivity (Wildman–Crippen MR) is 124 cm³/mol. The van der Waals surface area contributed by atoms with E-state index in [0.717, 1.165) is 4.88 Å². The van der Waals surface area contributed by atoms with E-state index in [0.29, 0.717) is 30.1 Å². The van der Waals surface area contributed by atoms with Gasteiger partial charge < -0.3 is 15.0 Å². The molecule has 7 nitrogen and oxygen atoms in total. The highest BCUT2D eigenvalue weighted by atomic mass is 32.1. The molecule has 1 aromatic heterocycles. The number of rotatable bonds is 8. The van der Waals surface area contributed by atoms with E-state index in [1.165, 1.54) is 9.80 Å². The average Bonchev–Trinajstić information content (AvgIpc) is 3.40. The molecule has 0 radical (unpaired) electrons. The summed E-state index contributed by atoms with van der Waals surface area (Å²) in [6.45, 7) is 0.356. The maximum Gasteiger partial charge on any atom is 0.332 e. The molecule has 3 aromatic rings. The van der Waals surface area contributed by atoms with Crippen LogP contribution in [-0.4, -0.2) is 42.4 Å². The molecule has 0 saturated carbocycles. The Morgan fingerprint density at radius 3 is 2.44 bits per heavy atom. The number of methoxy groups -OCH3 is 1. The third-order valence-corrected chi connectivity index (χ3v) is 6.20. The van der Waals surface area contributed by atoms with Crippen LogP contribution in [0.5, 0.6) is 5.75 Å². The number of para-hydroxylation sites is 1. The lowest BCUT2D eigenvalue weighted by Crippen LogP contribution is -2.39. The van der Waals surface area contributed by atoms with Crippen LogP contribution in [0.3, 0.4) is 0 Å². The molecular formula is C24H23N3O4S. The Morgan fingerprint density at radius 1 is 1.03 bits per heavy atom. The van der Waals surface area contributed by atoms with E-state index in [-0.39, 0.29) is 12.3 Å². The number of hydrogen-bond acceptors (Lipinski definition) is 5. The van der Waals surface area contributed by atoms with E-state index in [1.807, 2.05) is 23.6 Å². The number of nitrogens with zero attached hydrogens (tertiary/aromatic N) is 2. The summed E-state index contributed by atoms with van der Waals surface area (Å²) in [5.41, 5.74) is 1.10. The first kappa shape index (κ1) is 21.6. The molecule has 2 heterocycles. The van der Waals surface area contributed by atoms with Crippen molar-refractivity contribution in [2.45, 2.75) is 18.9 Å². The van der Waals surface area contributed by atoms with Gasteiger partial charge in [0, 0.05) is 17.1 Å². The highest BCUT2D eigenvalue weighted by Crippen LogP contribution is 2.27. The summed E-state index contributed by atoms with van der Waals surface area (Å²) in [5, 5.41) is 4.77. The van der Waals surface area contributed by atoms with E-state index in [9.17, 15) is 14.4 Å². The maximum atomic E-state index is 13.2. The van der Waals surface area contributed by atoms with Crippen molar-refractivity contribution < 1.29 is 19.1 Å². The summed E-state index contributed by atoms with van der Waals surface area (Å²) in [6.07, 6.45) is 0.500. The van der Waals surface area contributed by atoms with Crippen LogP contribution >= 0.6 is 11.3 Å². The largest absolute Gasteiger partial charge is 0.497 e. The van der Waals surface area contributed by atoms with Crippen LogP contribution in [0.4, 0.5) is 16.2 Å². The number of anilines is 2. The number of benzene rings is 2. The molecule has 1 fully saturated rings. The minimum atomic E-state index is -0.860. The molecule has 1 aliphatic rings. The molecule has 32 heavy (non-hydrogen) atoms. The molecule has 0 unspecified atom stereocenters. The summed E-state index contributed by atoms with van der Waals surface area (Å²) in [4.78, 5) is 42.9. The highest BCUT2D eigenvalue weighted by molar-refractivity contribution is 7.09. The Labute approximate surface area is 190 Å². The molecule has 0 spiro atoms. The first-order valence-electron chi connectivity index (χ1n) is 10.2. The van der Waals surface area contributed by atoms with Gasteiger partial charge in [0.15, 0.2) is 0 Å². The summed E-state index contributed by atoms with van der Waals surface area (Å²) >= 11 is 1.60. The van der Waals surface area contributed by atoms with Crippen LogP contribution in [0.25, 0.3) is 0 Å². The normalized spacial score (nSPS) is 15.8. The number of imide groups is 1. The summed E-state index contributed by atoms with van der Waals surface area (Å²) in [6, 6.07) is 18.4. The second-order valence-corrected chi connectivity index (χ2v) is 8.34. The predicted octanol–water partition coefficient (Wildman–Crippen LogP) is 4.17. The van der Waals surface area contributed by atoms with Crippen LogP contribution in [0.15, 0.2) is 72.1 Å². The third-order valence-electron chi connectivity index (χ3n) is 5.26. The molecule has 4 amide bonds. The maximum absolute atomic E-state index is 13.2. The zero-order valence-corrected chi connectivity index (χ0v) is 18.4. The van der Waals surface area contributed by atoms with E-state index < -0.39 is 18.0 Å². The zero-order chi connectivity index (χ0) is 22.5. The average molecular weight is 450 g/mol. The van der Waals surface area contributed by atoms with E-state index in [2.05, 4.69) is 5.32 Å². The Hall–Kier alpha value is -3.65. The molecule has 4 rings (SSSR count). The molecule has 2 aromatic carbocycles. The van der Waals surface area contributed by atoms with Crippen LogP contribution in [0, 0.1) is 0 Å². The summed E-state index contributed by atoms with van der Waals surface area (Å²) < 4.78 is 5.13. The lowest BCUT2D eigenvalue weighted by molar-refractivity contribution is -0.124. The molecule has 164 valence electrons. The molecule has 1 atom stereocenters. The van der Waals surface area contributed by atoms with Gasteiger partial charge in [-0.2, -0.15) is 0 Å². The number of ether oxygens (including phenoxy) is 1. The van der Waals surface area contributed by atoms with E-state index in [4.69, 9.17) is 4.74 Å². The molecule has 1 saturated heterocycles. The quantitative estimate of drug-likeness (QED) is 0.524. The number of amides is 4. The van der Waals surface area contributed by atoms with Crippen molar-refractivity contribution in [3.8, 4) is 5.75 Å². The number of nitrogens with one attached hydrogen (secondary N) is 1. The Bertz CT molecular complexity index is 1080. The number of thiophene rings is 1. The fourth-order valence-corrected chi connectivity index (χ4v) is 4.35. The Kier molecular flexibility index (Phi) is 6.51. The fraction of sp³-hybridized carbons (Fsp3) is 0.208. The number of urea groups is 1. The minimum Gasteiger partial charge on any atom is -0.497 e. The van der Waals surface area contributed by atoms with E-state index >= 15 is 0 Å². The fourth-order valence-electron chi connectivity index (χ4n) is 3.65. The van der Waals surface area contributed by atoms with Gasteiger partial charge in [0.2, 0.25) is 5.91 Å². The van der Waals surface area contributed by atoms with Gasteiger partial charge >= 0.3 is 6.03 Å². The van der Waals surface area contributed by atoms with Gasteiger partial charge in [-0.25, -0.2) is 9.69 Å². The summed E-state index contributed by atoms with van der Waals surface area (Å²) in [5.74, 6) is -0.0487. The third kappa shape index (κ3) is 4.65. The number of carbonyl (C=O) groups is 3. The van der Waals surface area contributed by atoms with Gasteiger partial charge in [-0.3, -0.25) is 9.59 Å². The van der Waals surface area contributed by atoms with Crippen LogP contribution < -0.4 is 15.0 Å². The van der Waals surface area contributed by atoms with Gasteiger partial charge in [0.1, 0.15) is 11.8 Å². The van der Waals surface area contributed by atoms with Crippen molar-refractivity contribution in [1.29, 1.82) is 0 Å². The lowest BCUT2D eigenvalue weighted by Gasteiger charge is -2.21. The second kappa shape index (κ2) is 9.65. The van der Waals surface area contributed by atoms with E-state index in [1.54, 1.807) is 67.0 Å². The molecule has 8 heteroatoms. The zero-order valence-electron chi connectivity index (χ0n) is 17.6. The van der Waals surface area contributed by atoms with Crippen LogP contribution in [0.1, 0.15) is 11.3 Å². The Balaban J connectivity index is 1.52. The van der Waals surface area contributed by atoms with Crippen LogP contribution in [0.2, 0.25) is 0 Å². The van der Waals surface area contributed by atoms with Crippen molar-refractivity contribution in [3.05, 3.63) is 77.0 Å². The van der Waals surface area contributed by atoms with Gasteiger partial charge in [0.25, 0.3) is 5.91 Å². The molecule has 1 aliphatic heterocycles. The topological polar surface area (TPSA) is 79.0 Å². The lowest BCUT2D eigenvalue weighted by atomic mass is 10.1. The van der Waals surface area contributed by atoms with Crippen molar-refractivity contribution in [2.24, 2.45) is 0 Å². The molecular weight excluding hydrogens is 426 g/mol. The second-order valence-electron chi connectivity index (χ2n) is 7.31. The minimum absolute atomic E-state index is 0.121. The molecule has 1 N–H and O–H groups in total. The standard InChI is InChI=1S/C24H23N3O4S/c1-31-19-11-9-17(10-12-19)25-22(28)16-21-23(29)27(18-6-3-2-4-7-18)24(30)26(21)14-13-20-8-5-15-32-20/h2-12,15,21H,13-14,16H2,1H3,(H,25,28)/t21-/m1/s1. The van der Waals surface area contributed by atoms with Crippen molar-refractivity contribution in [2.75, 3.05) is 23.9 Å². The monoisotopic (exact) mass is 449 g/mol. The van der Waals surface area contributed by atoms with Crippen molar-refractivity contribution >= 4 is 40.6 Å². The molecule has 0 bridgehead atoms. The first-order chi connectivity index (χ1) is 15.6. The first-order valence-corrected chi connectivity index (χ1v) is 11.1. The van der Waals surface area contributed by atoms with Crippen LogP contribution in [-0.2, 0) is 16.0 Å². The smallest absolute Gasteiger partial charge is 0.332 e.